The van der Waals surface area contributed by atoms with Crippen LogP contribution in [0.1, 0.15) is 42.9 Å². The molecule has 0 bridgehead atoms. The monoisotopic (exact) mass is 285 g/mol. The van der Waals surface area contributed by atoms with E-state index in [0.29, 0.717) is 23.5 Å². The molecule has 0 radical (unpaired) electrons. The first-order chi connectivity index (χ1) is 10.3. The van der Waals surface area contributed by atoms with Crippen LogP contribution in [0.5, 0.6) is 0 Å². The van der Waals surface area contributed by atoms with Gasteiger partial charge in [-0.15, -0.1) is 0 Å². The van der Waals surface area contributed by atoms with Crippen LogP contribution in [0, 0.1) is 11.3 Å². The van der Waals surface area contributed by atoms with Crippen molar-refractivity contribution in [3.63, 3.8) is 0 Å². The van der Waals surface area contributed by atoms with Crippen LogP contribution in [-0.2, 0) is 16.0 Å². The number of ketones is 1. The van der Waals surface area contributed by atoms with E-state index >= 15 is 0 Å². The predicted octanol–water partition coefficient (Wildman–Crippen LogP) is 2.65. The van der Waals surface area contributed by atoms with Gasteiger partial charge in [0.05, 0.1) is 12.7 Å². The highest BCUT2D eigenvalue weighted by molar-refractivity contribution is 5.85. The van der Waals surface area contributed by atoms with E-state index in [1.807, 2.05) is 0 Å². The molecular weight excluding hydrogens is 262 g/mol. The third-order valence-electron chi connectivity index (χ3n) is 5.66. The summed E-state index contributed by atoms with van der Waals surface area (Å²) in [6.45, 7) is 2.90. The van der Waals surface area contributed by atoms with Gasteiger partial charge in [-0.1, -0.05) is 24.3 Å². The first kappa shape index (κ1) is 13.5. The van der Waals surface area contributed by atoms with E-state index in [4.69, 9.17) is 4.74 Å². The summed E-state index contributed by atoms with van der Waals surface area (Å²) in [4.78, 5) is 12.7. The molecule has 4 rings (SSSR count). The molecule has 21 heavy (non-hydrogen) atoms. The number of piperidine rings is 1. The first-order valence-corrected chi connectivity index (χ1v) is 8.21. The fraction of sp³-hybridized carbons (Fsp3) is 0.611. The van der Waals surface area contributed by atoms with Crippen LogP contribution in [0.15, 0.2) is 24.3 Å². The van der Waals surface area contributed by atoms with Crippen molar-refractivity contribution in [2.75, 3.05) is 19.7 Å². The molecule has 0 aromatic heterocycles. The van der Waals surface area contributed by atoms with E-state index < -0.39 is 0 Å². The van der Waals surface area contributed by atoms with Gasteiger partial charge in [-0.05, 0) is 55.3 Å². The standard InChI is InChI=1S/C18H23NO2/c20-16(15-12-18(15)6-8-19-9-7-18)11-17-14-4-2-1-3-13(14)5-10-21-17/h1-4,15,17,19H,5-12H2. The van der Waals surface area contributed by atoms with Gasteiger partial charge in [0.15, 0.2) is 0 Å². The predicted molar refractivity (Wildman–Crippen MR) is 81.1 cm³/mol. The maximum Gasteiger partial charge on any atom is 0.139 e. The number of nitrogens with one attached hydrogen (secondary N) is 1. The summed E-state index contributed by atoms with van der Waals surface area (Å²) in [6, 6.07) is 8.42. The normalized spacial score (nSPS) is 29.9. The van der Waals surface area contributed by atoms with Crippen molar-refractivity contribution in [1.82, 2.24) is 5.32 Å². The lowest BCUT2D eigenvalue weighted by molar-refractivity contribution is -0.124. The first-order valence-electron chi connectivity index (χ1n) is 8.21. The fourth-order valence-electron chi connectivity index (χ4n) is 4.25. The third kappa shape index (κ3) is 2.43. The van der Waals surface area contributed by atoms with E-state index in [1.165, 1.54) is 24.0 Å². The van der Waals surface area contributed by atoms with E-state index in [-0.39, 0.29) is 6.10 Å². The van der Waals surface area contributed by atoms with Crippen LogP contribution in [0.25, 0.3) is 0 Å². The van der Waals surface area contributed by atoms with Crippen molar-refractivity contribution in [1.29, 1.82) is 0 Å². The van der Waals surface area contributed by atoms with Crippen LogP contribution in [0.4, 0.5) is 0 Å². The molecular formula is C18H23NO2. The van der Waals surface area contributed by atoms with Crippen LogP contribution in [0.3, 0.4) is 0 Å². The molecule has 3 aliphatic rings. The summed E-state index contributed by atoms with van der Waals surface area (Å²) in [7, 11) is 0. The number of benzene rings is 1. The van der Waals surface area contributed by atoms with Crippen molar-refractivity contribution in [2.24, 2.45) is 11.3 Å². The highest BCUT2D eigenvalue weighted by atomic mass is 16.5. The lowest BCUT2D eigenvalue weighted by Crippen LogP contribution is -2.31. The zero-order chi connectivity index (χ0) is 14.3. The van der Waals surface area contributed by atoms with Gasteiger partial charge < -0.3 is 10.1 Å². The van der Waals surface area contributed by atoms with Crippen LogP contribution in [0.2, 0.25) is 0 Å². The Hall–Kier alpha value is -1.19. The van der Waals surface area contributed by atoms with E-state index in [2.05, 4.69) is 29.6 Å². The summed E-state index contributed by atoms with van der Waals surface area (Å²) >= 11 is 0. The van der Waals surface area contributed by atoms with Gasteiger partial charge in [0.2, 0.25) is 0 Å². The minimum Gasteiger partial charge on any atom is -0.373 e. The van der Waals surface area contributed by atoms with Crippen LogP contribution in [-0.4, -0.2) is 25.5 Å². The fourth-order valence-corrected chi connectivity index (χ4v) is 4.25. The van der Waals surface area contributed by atoms with E-state index in [1.54, 1.807) is 0 Å². The van der Waals surface area contributed by atoms with Gasteiger partial charge in [-0.2, -0.15) is 0 Å². The molecule has 0 amide bonds. The number of fused-ring (bicyclic) bond motifs is 1. The van der Waals surface area contributed by atoms with Gasteiger partial charge >= 0.3 is 0 Å². The SMILES string of the molecule is O=C(CC1OCCc2ccccc21)C1CC12CCNCC2. The topological polar surface area (TPSA) is 38.3 Å². The maximum absolute atomic E-state index is 12.7. The van der Waals surface area contributed by atoms with Crippen LogP contribution >= 0.6 is 0 Å². The second-order valence-electron chi connectivity index (χ2n) is 6.85. The Kier molecular flexibility index (Phi) is 3.35. The summed E-state index contributed by atoms with van der Waals surface area (Å²) in [5, 5.41) is 3.40. The zero-order valence-corrected chi connectivity index (χ0v) is 12.4. The van der Waals surface area contributed by atoms with Crippen molar-refractivity contribution >= 4 is 5.78 Å². The Morgan fingerprint density at radius 3 is 2.95 bits per heavy atom. The van der Waals surface area contributed by atoms with Gasteiger partial charge in [0.25, 0.3) is 0 Å². The Labute approximate surface area is 126 Å². The molecule has 1 saturated carbocycles. The summed E-state index contributed by atoms with van der Waals surface area (Å²) in [6.07, 6.45) is 4.98. The van der Waals surface area contributed by atoms with Gasteiger partial charge in [-0.25, -0.2) is 0 Å². The van der Waals surface area contributed by atoms with Gasteiger partial charge in [-0.3, -0.25) is 4.79 Å². The Bertz CT molecular complexity index is 548. The molecule has 2 unspecified atom stereocenters. The molecule has 1 aliphatic carbocycles. The molecule has 1 aromatic rings. The number of rotatable bonds is 3. The molecule has 3 nitrogen and oxygen atoms in total. The molecule has 2 fully saturated rings. The van der Waals surface area contributed by atoms with Gasteiger partial charge in [0.1, 0.15) is 5.78 Å². The second kappa shape index (κ2) is 5.22. The second-order valence-corrected chi connectivity index (χ2v) is 6.85. The molecule has 1 N–H and O–H groups in total. The molecule has 2 atom stereocenters. The average Bonchev–Trinajstić information content (AvgIpc) is 3.22. The minimum atomic E-state index is -0.0122. The molecule has 1 spiro atoms. The average molecular weight is 285 g/mol. The summed E-state index contributed by atoms with van der Waals surface area (Å²) < 4.78 is 5.90. The largest absolute Gasteiger partial charge is 0.373 e. The highest BCUT2D eigenvalue weighted by Gasteiger charge is 2.57. The number of hydrogen-bond donors (Lipinski definition) is 1. The van der Waals surface area contributed by atoms with Crippen molar-refractivity contribution in [2.45, 2.75) is 38.2 Å². The summed E-state index contributed by atoms with van der Waals surface area (Å²) in [5.41, 5.74) is 2.93. The van der Waals surface area contributed by atoms with Crippen molar-refractivity contribution in [3.05, 3.63) is 35.4 Å². The minimum absolute atomic E-state index is 0.0122. The lowest BCUT2D eigenvalue weighted by Gasteiger charge is -2.27. The number of carbonyl (C=O) groups is 1. The van der Waals surface area contributed by atoms with Gasteiger partial charge in [0, 0.05) is 12.3 Å². The Balaban J connectivity index is 1.44. The number of carbonyl (C=O) groups excluding carboxylic acids is 1. The zero-order valence-electron chi connectivity index (χ0n) is 12.4. The van der Waals surface area contributed by atoms with Crippen LogP contribution < -0.4 is 5.32 Å². The van der Waals surface area contributed by atoms with Crippen molar-refractivity contribution < 1.29 is 9.53 Å². The molecule has 112 valence electrons. The molecule has 2 heterocycles. The molecule has 2 aliphatic heterocycles. The highest BCUT2D eigenvalue weighted by Crippen LogP contribution is 2.59. The summed E-state index contributed by atoms with van der Waals surface area (Å²) in [5.74, 6) is 0.732. The molecule has 1 aromatic carbocycles. The quantitative estimate of drug-likeness (QED) is 0.928. The lowest BCUT2D eigenvalue weighted by atomic mass is 9.88. The van der Waals surface area contributed by atoms with E-state index in [9.17, 15) is 4.79 Å². The Morgan fingerprint density at radius 1 is 1.29 bits per heavy atom. The molecule has 1 saturated heterocycles. The number of ether oxygens (including phenoxy) is 1. The third-order valence-corrected chi connectivity index (χ3v) is 5.66. The van der Waals surface area contributed by atoms with Crippen molar-refractivity contribution in [3.8, 4) is 0 Å². The maximum atomic E-state index is 12.7. The van der Waals surface area contributed by atoms with E-state index in [0.717, 1.165) is 32.5 Å². The molecule has 3 heteroatoms. The smallest absolute Gasteiger partial charge is 0.139 e. The Morgan fingerprint density at radius 2 is 2.10 bits per heavy atom. The number of hydrogen-bond acceptors (Lipinski definition) is 3. The number of Topliss-reactive ketones (excluding diaryl/α,β-unsaturated/α-hetero) is 1.